The van der Waals surface area contributed by atoms with Gasteiger partial charge in [0.1, 0.15) is 18.2 Å². The molecule has 3 aromatic rings. The summed E-state index contributed by atoms with van der Waals surface area (Å²) in [4.78, 5) is 18.3. The van der Waals surface area contributed by atoms with Gasteiger partial charge in [0.25, 0.3) is 0 Å². The third-order valence-corrected chi connectivity index (χ3v) is 4.93. The zero-order valence-corrected chi connectivity index (χ0v) is 17.2. The van der Waals surface area contributed by atoms with Gasteiger partial charge in [-0.2, -0.15) is 0 Å². The molecule has 1 amide bonds. The number of likely N-dealkylation sites (N-methyl/N-ethyl adjacent to an activating group) is 1. The average Bonchev–Trinajstić information content (AvgIpc) is 2.77. The average molecular weight is 407 g/mol. The second-order valence-corrected chi connectivity index (χ2v) is 7.11. The number of nitrogens with zero attached hydrogens (tertiary/aromatic N) is 2. The molecular weight excluding hydrogens is 381 g/mol. The van der Waals surface area contributed by atoms with E-state index >= 15 is 0 Å². The van der Waals surface area contributed by atoms with Gasteiger partial charge in [0.05, 0.1) is 13.1 Å². The Hall–Kier alpha value is -3.25. The lowest BCUT2D eigenvalue weighted by atomic mass is 10.0. The summed E-state index contributed by atoms with van der Waals surface area (Å²) in [6, 6.07) is 18.3. The van der Waals surface area contributed by atoms with E-state index in [2.05, 4.69) is 35.4 Å². The van der Waals surface area contributed by atoms with E-state index in [1.807, 2.05) is 30.1 Å². The topological polar surface area (TPSA) is 54.5 Å². The molecule has 0 saturated carbocycles. The fraction of sp³-hybridized carbons (Fsp3) is 0.250. The molecule has 1 N–H and O–H groups in total. The van der Waals surface area contributed by atoms with Gasteiger partial charge in [-0.1, -0.05) is 24.3 Å². The summed E-state index contributed by atoms with van der Waals surface area (Å²) >= 11 is 0. The quantitative estimate of drug-likeness (QED) is 0.543. The zero-order valence-electron chi connectivity index (χ0n) is 17.2. The van der Waals surface area contributed by atoms with E-state index in [9.17, 15) is 9.18 Å². The van der Waals surface area contributed by atoms with Gasteiger partial charge in [0.2, 0.25) is 5.91 Å². The number of benzene rings is 2. The van der Waals surface area contributed by atoms with Crippen molar-refractivity contribution >= 4 is 5.91 Å². The van der Waals surface area contributed by atoms with Crippen LogP contribution < -0.4 is 10.1 Å². The molecule has 0 fully saturated rings. The van der Waals surface area contributed by atoms with Crippen molar-refractivity contribution in [2.24, 2.45) is 0 Å². The first-order valence-electron chi connectivity index (χ1n) is 9.88. The second-order valence-electron chi connectivity index (χ2n) is 7.11. The first kappa shape index (κ1) is 21.5. The first-order chi connectivity index (χ1) is 14.5. The number of ether oxygens (including phenoxy) is 1. The Morgan fingerprint density at radius 2 is 1.87 bits per heavy atom. The maximum absolute atomic E-state index is 13.1. The summed E-state index contributed by atoms with van der Waals surface area (Å²) in [5.74, 6) is 0.0155. The van der Waals surface area contributed by atoms with Gasteiger partial charge in [-0.15, -0.1) is 0 Å². The number of hydrogen-bond acceptors (Lipinski definition) is 4. The fourth-order valence-corrected chi connectivity index (χ4v) is 3.11. The van der Waals surface area contributed by atoms with Gasteiger partial charge in [0, 0.05) is 24.5 Å². The molecule has 30 heavy (non-hydrogen) atoms. The Morgan fingerprint density at radius 3 is 2.63 bits per heavy atom. The van der Waals surface area contributed by atoms with Crippen LogP contribution in [-0.4, -0.2) is 42.5 Å². The Bertz CT molecular complexity index is 965. The number of rotatable bonds is 9. The van der Waals surface area contributed by atoms with Crippen LogP contribution in [0.25, 0.3) is 11.1 Å². The summed E-state index contributed by atoms with van der Waals surface area (Å²) in [5, 5.41) is 2.84. The van der Waals surface area contributed by atoms with Crippen molar-refractivity contribution < 1.29 is 13.9 Å². The summed E-state index contributed by atoms with van der Waals surface area (Å²) in [5.41, 5.74) is 3.36. The minimum Gasteiger partial charge on any atom is -0.492 e. The molecule has 5 nitrogen and oxygen atoms in total. The van der Waals surface area contributed by atoms with E-state index < -0.39 is 0 Å². The second kappa shape index (κ2) is 10.5. The lowest BCUT2D eigenvalue weighted by Crippen LogP contribution is -2.38. The van der Waals surface area contributed by atoms with Crippen LogP contribution in [0.2, 0.25) is 0 Å². The van der Waals surface area contributed by atoms with Gasteiger partial charge in [-0.3, -0.25) is 14.7 Å². The van der Waals surface area contributed by atoms with Gasteiger partial charge in [0.15, 0.2) is 0 Å². The minimum absolute atomic E-state index is 0.0704. The molecule has 2 aromatic carbocycles. The van der Waals surface area contributed by atoms with Crippen molar-refractivity contribution in [2.45, 2.75) is 13.0 Å². The molecule has 0 aliphatic heterocycles. The molecule has 0 aliphatic carbocycles. The standard InChI is InChI=1S/C24H26FN3O2/c1-18(20-5-3-6-21(15-20)19-9-11-26-12-10-19)28(2)17-24(29)27-13-14-30-23-8-4-7-22(25)16-23/h3-12,15-16,18H,13-14,17H2,1-2H3,(H,27,29)/t18-/m1/s1. The third kappa shape index (κ3) is 6.12. The van der Waals surface area contributed by atoms with Crippen LogP contribution in [0.15, 0.2) is 73.1 Å². The highest BCUT2D eigenvalue weighted by molar-refractivity contribution is 5.78. The van der Waals surface area contributed by atoms with Crippen LogP contribution in [0.1, 0.15) is 18.5 Å². The van der Waals surface area contributed by atoms with Gasteiger partial charge >= 0.3 is 0 Å². The molecule has 1 atom stereocenters. The minimum atomic E-state index is -0.347. The van der Waals surface area contributed by atoms with Crippen LogP contribution in [-0.2, 0) is 4.79 Å². The first-order valence-corrected chi connectivity index (χ1v) is 9.88. The van der Waals surface area contributed by atoms with Crippen molar-refractivity contribution in [1.29, 1.82) is 0 Å². The Morgan fingerprint density at radius 1 is 1.10 bits per heavy atom. The summed E-state index contributed by atoms with van der Waals surface area (Å²) in [6.07, 6.45) is 3.56. The monoisotopic (exact) mass is 407 g/mol. The van der Waals surface area contributed by atoms with Gasteiger partial charge in [-0.25, -0.2) is 4.39 Å². The number of hydrogen-bond donors (Lipinski definition) is 1. The van der Waals surface area contributed by atoms with Crippen molar-refractivity contribution in [2.75, 3.05) is 26.7 Å². The Kier molecular flexibility index (Phi) is 7.51. The Balaban J connectivity index is 1.48. The number of nitrogens with one attached hydrogen (secondary N) is 1. The van der Waals surface area contributed by atoms with Crippen LogP contribution in [0, 0.1) is 5.82 Å². The number of aromatic nitrogens is 1. The van der Waals surface area contributed by atoms with E-state index in [1.165, 1.54) is 12.1 Å². The largest absolute Gasteiger partial charge is 0.492 e. The van der Waals surface area contributed by atoms with E-state index in [0.717, 1.165) is 16.7 Å². The predicted molar refractivity (Wildman–Crippen MR) is 116 cm³/mol. The molecule has 6 heteroatoms. The SMILES string of the molecule is C[C@H](c1cccc(-c2ccncc2)c1)N(C)CC(=O)NCCOc1cccc(F)c1. The van der Waals surface area contributed by atoms with E-state index in [-0.39, 0.29) is 30.9 Å². The molecule has 0 saturated heterocycles. The molecular formula is C24H26FN3O2. The summed E-state index contributed by atoms with van der Waals surface area (Å²) in [6.45, 7) is 2.98. The van der Waals surface area contributed by atoms with E-state index in [1.54, 1.807) is 24.5 Å². The number of carbonyl (C=O) groups excluding carboxylic acids is 1. The molecule has 3 rings (SSSR count). The number of amides is 1. The molecule has 0 unspecified atom stereocenters. The molecule has 0 radical (unpaired) electrons. The van der Waals surface area contributed by atoms with Crippen molar-refractivity contribution in [1.82, 2.24) is 15.2 Å². The predicted octanol–water partition coefficient (Wildman–Crippen LogP) is 4.08. The number of halogens is 1. The number of pyridine rings is 1. The Labute approximate surface area is 176 Å². The highest BCUT2D eigenvalue weighted by Gasteiger charge is 2.15. The van der Waals surface area contributed by atoms with Gasteiger partial charge < -0.3 is 10.1 Å². The van der Waals surface area contributed by atoms with Crippen LogP contribution in [0.4, 0.5) is 4.39 Å². The maximum atomic E-state index is 13.1. The summed E-state index contributed by atoms with van der Waals surface area (Å²) < 4.78 is 18.6. The van der Waals surface area contributed by atoms with Crippen molar-refractivity contribution in [3.05, 3.63) is 84.4 Å². The maximum Gasteiger partial charge on any atom is 0.234 e. The van der Waals surface area contributed by atoms with E-state index in [0.29, 0.717) is 12.3 Å². The number of carbonyl (C=O) groups is 1. The third-order valence-electron chi connectivity index (χ3n) is 4.93. The van der Waals surface area contributed by atoms with Crippen LogP contribution >= 0.6 is 0 Å². The lowest BCUT2D eigenvalue weighted by Gasteiger charge is -2.25. The van der Waals surface area contributed by atoms with Crippen LogP contribution in [0.5, 0.6) is 5.75 Å². The molecule has 0 spiro atoms. The smallest absolute Gasteiger partial charge is 0.234 e. The zero-order chi connectivity index (χ0) is 21.3. The molecule has 1 heterocycles. The van der Waals surface area contributed by atoms with Gasteiger partial charge in [-0.05, 0) is 61.0 Å². The van der Waals surface area contributed by atoms with Crippen molar-refractivity contribution in [3.63, 3.8) is 0 Å². The van der Waals surface area contributed by atoms with E-state index in [4.69, 9.17) is 4.74 Å². The lowest BCUT2D eigenvalue weighted by molar-refractivity contribution is -0.122. The highest BCUT2D eigenvalue weighted by Crippen LogP contribution is 2.25. The normalized spacial score (nSPS) is 11.9. The molecule has 0 bridgehead atoms. The molecule has 0 aliphatic rings. The molecule has 1 aromatic heterocycles. The van der Waals surface area contributed by atoms with Crippen molar-refractivity contribution in [3.8, 4) is 16.9 Å². The highest BCUT2D eigenvalue weighted by atomic mass is 19.1. The fourth-order valence-electron chi connectivity index (χ4n) is 3.11. The summed E-state index contributed by atoms with van der Waals surface area (Å²) in [7, 11) is 1.92. The van der Waals surface area contributed by atoms with Crippen LogP contribution in [0.3, 0.4) is 0 Å². The molecule has 156 valence electrons.